The van der Waals surface area contributed by atoms with E-state index < -0.39 is 0 Å². The van der Waals surface area contributed by atoms with E-state index in [2.05, 4.69) is 5.32 Å². The van der Waals surface area contributed by atoms with Crippen molar-refractivity contribution in [3.05, 3.63) is 35.6 Å². The summed E-state index contributed by atoms with van der Waals surface area (Å²) in [5.74, 6) is -0.203. The lowest BCUT2D eigenvalue weighted by Crippen LogP contribution is -2.38. The normalized spacial score (nSPS) is 27.6. The van der Waals surface area contributed by atoms with Gasteiger partial charge in [0.05, 0.1) is 12.2 Å². The smallest absolute Gasteiger partial charge is 0.123 e. The Morgan fingerprint density at radius 2 is 2.00 bits per heavy atom. The molecule has 0 bridgehead atoms. The summed E-state index contributed by atoms with van der Waals surface area (Å²) < 4.78 is 18.4. The van der Waals surface area contributed by atoms with E-state index in [4.69, 9.17) is 4.74 Å². The second-order valence-electron chi connectivity index (χ2n) is 3.65. The van der Waals surface area contributed by atoms with Crippen molar-refractivity contribution in [2.24, 2.45) is 0 Å². The van der Waals surface area contributed by atoms with Crippen molar-refractivity contribution in [3.63, 3.8) is 0 Å². The number of ether oxygens (including phenoxy) is 1. The minimum Gasteiger partial charge on any atom is -0.368 e. The van der Waals surface area contributed by atoms with Gasteiger partial charge in [-0.1, -0.05) is 12.1 Å². The summed E-state index contributed by atoms with van der Waals surface area (Å²) in [7, 11) is 0. The third-order valence-electron chi connectivity index (χ3n) is 2.40. The van der Waals surface area contributed by atoms with Gasteiger partial charge in [0.1, 0.15) is 5.82 Å². The van der Waals surface area contributed by atoms with Crippen molar-refractivity contribution in [1.82, 2.24) is 5.32 Å². The molecule has 1 heterocycles. The molecule has 0 radical (unpaired) electrons. The maximum absolute atomic E-state index is 12.7. The average molecular weight is 195 g/mol. The van der Waals surface area contributed by atoms with Gasteiger partial charge in [0.2, 0.25) is 0 Å². The van der Waals surface area contributed by atoms with Crippen LogP contribution in [0.2, 0.25) is 0 Å². The molecule has 1 aromatic carbocycles. The maximum atomic E-state index is 12.7. The van der Waals surface area contributed by atoms with Crippen molar-refractivity contribution >= 4 is 0 Å². The van der Waals surface area contributed by atoms with Crippen LogP contribution in [0.5, 0.6) is 0 Å². The zero-order valence-electron chi connectivity index (χ0n) is 8.16. The van der Waals surface area contributed by atoms with E-state index >= 15 is 0 Å². The summed E-state index contributed by atoms with van der Waals surface area (Å²) in [4.78, 5) is 0. The van der Waals surface area contributed by atoms with E-state index in [1.54, 1.807) is 12.1 Å². The molecule has 14 heavy (non-hydrogen) atoms. The lowest BCUT2D eigenvalue weighted by atomic mass is 10.1. The zero-order chi connectivity index (χ0) is 9.97. The van der Waals surface area contributed by atoms with Crippen LogP contribution in [0, 0.1) is 5.82 Å². The Morgan fingerprint density at radius 1 is 1.29 bits per heavy atom. The van der Waals surface area contributed by atoms with Gasteiger partial charge in [-0.05, 0) is 24.6 Å². The summed E-state index contributed by atoms with van der Waals surface area (Å²) in [6.07, 6.45) is 0.276. The molecule has 0 aliphatic carbocycles. The van der Waals surface area contributed by atoms with Crippen LogP contribution >= 0.6 is 0 Å². The quantitative estimate of drug-likeness (QED) is 0.738. The van der Waals surface area contributed by atoms with Crippen LogP contribution in [-0.2, 0) is 4.74 Å². The van der Waals surface area contributed by atoms with Gasteiger partial charge in [0.25, 0.3) is 0 Å². The van der Waals surface area contributed by atoms with Crippen LogP contribution in [0.4, 0.5) is 4.39 Å². The molecule has 0 aromatic heterocycles. The number of benzene rings is 1. The maximum Gasteiger partial charge on any atom is 0.123 e. The number of rotatable bonds is 1. The third kappa shape index (κ3) is 2.11. The molecule has 0 unspecified atom stereocenters. The van der Waals surface area contributed by atoms with Crippen LogP contribution in [0.1, 0.15) is 18.6 Å². The average Bonchev–Trinajstić information content (AvgIpc) is 2.19. The number of hydrogen-bond acceptors (Lipinski definition) is 2. The van der Waals surface area contributed by atoms with E-state index in [9.17, 15) is 4.39 Å². The number of hydrogen-bond donors (Lipinski definition) is 1. The fourth-order valence-corrected chi connectivity index (χ4v) is 1.67. The Kier molecular flexibility index (Phi) is 2.79. The summed E-state index contributed by atoms with van der Waals surface area (Å²) in [5, 5.41) is 3.28. The molecule has 1 saturated heterocycles. The number of morpholine rings is 1. The van der Waals surface area contributed by atoms with Crippen molar-refractivity contribution in [1.29, 1.82) is 0 Å². The highest BCUT2D eigenvalue weighted by molar-refractivity contribution is 5.19. The molecule has 76 valence electrons. The molecule has 1 aliphatic heterocycles. The topological polar surface area (TPSA) is 21.3 Å². The zero-order valence-corrected chi connectivity index (χ0v) is 8.16. The lowest BCUT2D eigenvalue weighted by Gasteiger charge is -2.29. The number of halogens is 1. The van der Waals surface area contributed by atoms with Crippen molar-refractivity contribution in [3.8, 4) is 0 Å². The van der Waals surface area contributed by atoms with E-state index in [1.807, 2.05) is 6.92 Å². The Morgan fingerprint density at radius 3 is 2.64 bits per heavy atom. The van der Waals surface area contributed by atoms with Gasteiger partial charge < -0.3 is 10.1 Å². The molecule has 1 fully saturated rings. The molecule has 2 nitrogen and oxygen atoms in total. The fraction of sp³-hybridized carbons (Fsp3) is 0.455. The highest BCUT2D eigenvalue weighted by atomic mass is 19.1. The van der Waals surface area contributed by atoms with Crippen LogP contribution in [0.3, 0.4) is 0 Å². The molecule has 2 atom stereocenters. The summed E-state index contributed by atoms with van der Waals surface area (Å²) in [6.45, 7) is 3.72. The van der Waals surface area contributed by atoms with Crippen LogP contribution in [-0.4, -0.2) is 19.2 Å². The van der Waals surface area contributed by atoms with Gasteiger partial charge in [-0.3, -0.25) is 0 Å². The first-order chi connectivity index (χ1) is 6.75. The minimum absolute atomic E-state index is 0.0550. The standard InChI is InChI=1S/C11H14FNO/c1-8-6-13-7-11(14-8)9-2-4-10(12)5-3-9/h2-5,8,11,13H,6-7H2,1H3/t8-,11+/m1/s1. The Bertz CT molecular complexity index is 299. The molecule has 0 spiro atoms. The Hall–Kier alpha value is -0.930. The third-order valence-corrected chi connectivity index (χ3v) is 2.40. The number of nitrogens with one attached hydrogen (secondary N) is 1. The van der Waals surface area contributed by atoms with Gasteiger partial charge in [-0.25, -0.2) is 4.39 Å². The highest BCUT2D eigenvalue weighted by Gasteiger charge is 2.19. The Balaban J connectivity index is 2.10. The van der Waals surface area contributed by atoms with Gasteiger partial charge in [0.15, 0.2) is 0 Å². The van der Waals surface area contributed by atoms with E-state index in [0.717, 1.165) is 18.7 Å². The summed E-state index contributed by atoms with van der Waals surface area (Å²) in [6, 6.07) is 6.50. The predicted molar refractivity (Wildman–Crippen MR) is 52.6 cm³/mol. The van der Waals surface area contributed by atoms with E-state index in [0.29, 0.717) is 0 Å². The van der Waals surface area contributed by atoms with Gasteiger partial charge >= 0.3 is 0 Å². The van der Waals surface area contributed by atoms with E-state index in [-0.39, 0.29) is 18.0 Å². The van der Waals surface area contributed by atoms with Crippen molar-refractivity contribution in [2.45, 2.75) is 19.1 Å². The monoisotopic (exact) mass is 195 g/mol. The Labute approximate surface area is 83.1 Å². The predicted octanol–water partition coefficient (Wildman–Crippen LogP) is 1.88. The molecule has 3 heteroatoms. The minimum atomic E-state index is -0.203. The molecule has 1 N–H and O–H groups in total. The molecule has 0 saturated carbocycles. The van der Waals surface area contributed by atoms with Crippen LogP contribution in [0.15, 0.2) is 24.3 Å². The van der Waals surface area contributed by atoms with Gasteiger partial charge in [0, 0.05) is 13.1 Å². The van der Waals surface area contributed by atoms with Gasteiger partial charge in [-0.15, -0.1) is 0 Å². The SMILES string of the molecule is C[C@@H]1CNC[C@@H](c2ccc(F)cc2)O1. The van der Waals surface area contributed by atoms with Crippen LogP contribution < -0.4 is 5.32 Å². The first-order valence-electron chi connectivity index (χ1n) is 4.87. The van der Waals surface area contributed by atoms with E-state index in [1.165, 1.54) is 12.1 Å². The molecular weight excluding hydrogens is 181 g/mol. The second kappa shape index (κ2) is 4.07. The highest BCUT2D eigenvalue weighted by Crippen LogP contribution is 2.21. The fourth-order valence-electron chi connectivity index (χ4n) is 1.67. The summed E-state index contributed by atoms with van der Waals surface area (Å²) in [5.41, 5.74) is 1.03. The van der Waals surface area contributed by atoms with Crippen molar-refractivity contribution in [2.75, 3.05) is 13.1 Å². The molecular formula is C11H14FNO. The van der Waals surface area contributed by atoms with Crippen LogP contribution in [0.25, 0.3) is 0 Å². The summed E-state index contributed by atoms with van der Waals surface area (Å²) >= 11 is 0. The molecule has 0 amide bonds. The lowest BCUT2D eigenvalue weighted by molar-refractivity contribution is -0.0287. The molecule has 1 aliphatic rings. The molecule has 1 aromatic rings. The first kappa shape index (κ1) is 9.62. The largest absolute Gasteiger partial charge is 0.368 e. The second-order valence-corrected chi connectivity index (χ2v) is 3.65. The van der Waals surface area contributed by atoms with Crippen molar-refractivity contribution < 1.29 is 9.13 Å². The molecule has 2 rings (SSSR count). The first-order valence-corrected chi connectivity index (χ1v) is 4.87. The van der Waals surface area contributed by atoms with Gasteiger partial charge in [-0.2, -0.15) is 0 Å².